The van der Waals surface area contributed by atoms with Crippen LogP contribution in [-0.4, -0.2) is 20.0 Å². The van der Waals surface area contributed by atoms with Crippen molar-refractivity contribution < 1.29 is 9.21 Å². The van der Waals surface area contributed by atoms with Crippen molar-refractivity contribution in [3.05, 3.63) is 70.7 Å². The van der Waals surface area contributed by atoms with Gasteiger partial charge in [-0.25, -0.2) is 0 Å². The molecule has 3 N–H and O–H groups in total. The van der Waals surface area contributed by atoms with Crippen molar-refractivity contribution >= 4 is 39.9 Å². The quantitative estimate of drug-likeness (QED) is 0.460. The van der Waals surface area contributed by atoms with Gasteiger partial charge in [0.05, 0.1) is 22.1 Å². The highest BCUT2D eigenvalue weighted by atomic mass is 35.5. The minimum atomic E-state index is -0.279. The average Bonchev–Trinajstić information content (AvgIpc) is 3.22. The summed E-state index contributed by atoms with van der Waals surface area (Å²) >= 11 is 6.68. The minimum absolute atomic E-state index is 0.244. The molecule has 0 atom stereocenters. The third kappa shape index (κ3) is 3.93. The van der Waals surface area contributed by atoms with Gasteiger partial charge in [0.2, 0.25) is 0 Å². The van der Waals surface area contributed by atoms with Crippen LogP contribution < -0.4 is 20.9 Å². The van der Waals surface area contributed by atoms with Gasteiger partial charge in [-0.05, 0) is 42.7 Å². The smallest absolute Gasteiger partial charge is 0.287 e. The van der Waals surface area contributed by atoms with Gasteiger partial charge in [0.1, 0.15) is 5.58 Å². The number of amides is 1. The zero-order chi connectivity index (χ0) is 23.2. The van der Waals surface area contributed by atoms with Crippen molar-refractivity contribution in [3.8, 4) is 0 Å². The van der Waals surface area contributed by atoms with Gasteiger partial charge in [0.25, 0.3) is 5.91 Å². The molecule has 3 aromatic rings. The van der Waals surface area contributed by atoms with Crippen molar-refractivity contribution in [1.82, 2.24) is 10.6 Å². The summed E-state index contributed by atoms with van der Waals surface area (Å²) in [6.45, 7) is 4.53. The van der Waals surface area contributed by atoms with Crippen LogP contribution in [-0.2, 0) is 12.1 Å². The summed E-state index contributed by atoms with van der Waals surface area (Å²) in [5.41, 5.74) is 4.42. The van der Waals surface area contributed by atoms with Crippen LogP contribution in [0.1, 0.15) is 53.8 Å². The number of furan rings is 1. The van der Waals surface area contributed by atoms with Crippen LogP contribution in [0, 0.1) is 0 Å². The number of hydrogen-bond donors (Lipinski definition) is 3. The molecule has 2 aromatic carbocycles. The molecule has 1 saturated carbocycles. The van der Waals surface area contributed by atoms with Gasteiger partial charge >= 0.3 is 0 Å². The van der Waals surface area contributed by atoms with Crippen molar-refractivity contribution in [2.24, 2.45) is 0 Å². The molecule has 33 heavy (non-hydrogen) atoms. The molecule has 5 rings (SSSR count). The molecule has 1 fully saturated rings. The first-order chi connectivity index (χ1) is 15.9. The Morgan fingerprint density at radius 2 is 1.91 bits per heavy atom. The zero-order valence-corrected chi connectivity index (χ0v) is 19.8. The maximum atomic E-state index is 12.9. The Labute approximate surface area is 199 Å². The van der Waals surface area contributed by atoms with Crippen LogP contribution in [0.4, 0.5) is 11.4 Å². The molecular formula is C26H29ClN4O2. The Hall–Kier alpha value is -3.12. The van der Waals surface area contributed by atoms with Crippen LogP contribution >= 0.6 is 11.6 Å². The maximum Gasteiger partial charge on any atom is 0.287 e. The summed E-state index contributed by atoms with van der Waals surface area (Å²) in [5, 5.41) is 11.3. The molecule has 0 bridgehead atoms. The number of carbonyl (C=O) groups is 1. The van der Waals surface area contributed by atoms with Gasteiger partial charge in [-0.1, -0.05) is 49.6 Å². The predicted molar refractivity (Wildman–Crippen MR) is 134 cm³/mol. The molecule has 0 unspecified atom stereocenters. The van der Waals surface area contributed by atoms with E-state index >= 15 is 0 Å². The second kappa shape index (κ2) is 8.34. The molecule has 1 amide bonds. The molecule has 6 nitrogen and oxygen atoms in total. The van der Waals surface area contributed by atoms with Crippen LogP contribution in [0.15, 0.2) is 53.2 Å². The van der Waals surface area contributed by atoms with E-state index in [1.165, 1.54) is 6.42 Å². The van der Waals surface area contributed by atoms with Crippen LogP contribution in [0.5, 0.6) is 0 Å². The Morgan fingerprint density at radius 3 is 2.61 bits per heavy atom. The van der Waals surface area contributed by atoms with Crippen LogP contribution in [0.2, 0.25) is 5.02 Å². The van der Waals surface area contributed by atoms with Crippen molar-refractivity contribution in [2.45, 2.75) is 44.2 Å². The Balaban J connectivity index is 1.45. The molecule has 172 valence electrons. The fourth-order valence-corrected chi connectivity index (χ4v) is 5.34. The summed E-state index contributed by atoms with van der Waals surface area (Å²) in [4.78, 5) is 15.0. The van der Waals surface area contributed by atoms with E-state index in [4.69, 9.17) is 16.0 Å². The van der Waals surface area contributed by atoms with Gasteiger partial charge in [0.15, 0.2) is 5.76 Å². The molecule has 2 aliphatic rings. The first kappa shape index (κ1) is 21.7. The largest absolute Gasteiger partial charge is 0.450 e. The minimum Gasteiger partial charge on any atom is -0.450 e. The van der Waals surface area contributed by atoms with Gasteiger partial charge < -0.3 is 25.3 Å². The average molecular weight is 465 g/mol. The number of halogens is 1. The van der Waals surface area contributed by atoms with Gasteiger partial charge in [-0.3, -0.25) is 4.79 Å². The number of fused-ring (bicyclic) bond motifs is 4. The van der Waals surface area contributed by atoms with Crippen LogP contribution in [0.25, 0.3) is 11.0 Å². The van der Waals surface area contributed by atoms with E-state index in [1.54, 1.807) is 6.07 Å². The fraction of sp³-hybridized carbons (Fsp3) is 0.346. The summed E-state index contributed by atoms with van der Waals surface area (Å²) in [7, 11) is 4.00. The lowest BCUT2D eigenvalue weighted by Gasteiger charge is -2.44. The van der Waals surface area contributed by atoms with Crippen molar-refractivity contribution in [1.29, 1.82) is 0 Å². The molecule has 0 saturated heterocycles. The second-order valence-corrected chi connectivity index (χ2v) is 9.66. The molecular weight excluding hydrogens is 436 g/mol. The zero-order valence-electron chi connectivity index (χ0n) is 19.1. The lowest BCUT2D eigenvalue weighted by Crippen LogP contribution is -2.48. The van der Waals surface area contributed by atoms with Gasteiger partial charge in [-0.2, -0.15) is 0 Å². The number of nitrogens with zero attached hydrogens (tertiary/aromatic N) is 1. The number of carbonyl (C=O) groups excluding carboxylic acids is 1. The van der Waals surface area contributed by atoms with Crippen molar-refractivity contribution in [3.63, 3.8) is 0 Å². The number of nitrogens with one attached hydrogen (secondary N) is 3. The summed E-state index contributed by atoms with van der Waals surface area (Å²) in [5.74, 6) is 0.789. The fourth-order valence-electron chi connectivity index (χ4n) is 5.09. The lowest BCUT2D eigenvalue weighted by molar-refractivity contribution is 0.0925. The number of rotatable bonds is 4. The Kier molecular flexibility index (Phi) is 5.49. The SMILES string of the molecule is C=C1Nc2c(Cl)cc3cc(C(=O)NCc4ccc(N(C)C)cc4)oc3c2C2(CCCCC2)N1. The number of anilines is 2. The van der Waals surface area contributed by atoms with E-state index in [-0.39, 0.29) is 17.2 Å². The van der Waals surface area contributed by atoms with E-state index in [0.717, 1.165) is 59.4 Å². The summed E-state index contributed by atoms with van der Waals surface area (Å²) < 4.78 is 6.20. The molecule has 1 aliphatic carbocycles. The predicted octanol–water partition coefficient (Wildman–Crippen LogP) is 5.73. The first-order valence-electron chi connectivity index (χ1n) is 11.4. The summed E-state index contributed by atoms with van der Waals surface area (Å²) in [6, 6.07) is 11.7. The summed E-state index contributed by atoms with van der Waals surface area (Å²) in [6.07, 6.45) is 5.40. The molecule has 0 radical (unpaired) electrons. The standard InChI is InChI=1S/C26H29ClN4O2/c1-16-29-23-20(27)13-18-14-21(25(32)28-15-17-7-9-19(10-8-17)31(2)3)33-24(18)22(23)26(30-16)11-5-4-6-12-26/h7-10,13-14,29-30H,1,4-6,11-12,15H2,2-3H3,(H,28,32). The highest BCUT2D eigenvalue weighted by Gasteiger charge is 2.42. The van der Waals surface area contributed by atoms with E-state index in [1.807, 2.05) is 49.3 Å². The molecule has 1 aromatic heterocycles. The van der Waals surface area contributed by atoms with Crippen molar-refractivity contribution in [2.75, 3.05) is 24.3 Å². The molecule has 1 aliphatic heterocycles. The van der Waals surface area contributed by atoms with Crippen LogP contribution in [0.3, 0.4) is 0 Å². The third-order valence-corrected chi connectivity index (χ3v) is 7.04. The lowest BCUT2D eigenvalue weighted by atomic mass is 9.74. The first-order valence-corrected chi connectivity index (χ1v) is 11.8. The van der Waals surface area contributed by atoms with E-state index in [2.05, 4.69) is 22.5 Å². The van der Waals surface area contributed by atoms with E-state index in [0.29, 0.717) is 17.2 Å². The van der Waals surface area contributed by atoms with E-state index < -0.39 is 0 Å². The normalized spacial score (nSPS) is 16.8. The topological polar surface area (TPSA) is 69.5 Å². The monoisotopic (exact) mass is 464 g/mol. The molecule has 2 heterocycles. The number of benzene rings is 2. The second-order valence-electron chi connectivity index (χ2n) is 9.25. The highest BCUT2D eigenvalue weighted by Crippen LogP contribution is 2.49. The third-order valence-electron chi connectivity index (χ3n) is 6.74. The Bertz CT molecular complexity index is 1220. The maximum absolute atomic E-state index is 12.9. The van der Waals surface area contributed by atoms with E-state index in [9.17, 15) is 4.79 Å². The molecule has 1 spiro atoms. The molecule has 7 heteroatoms. The highest BCUT2D eigenvalue weighted by molar-refractivity contribution is 6.34. The number of hydrogen-bond acceptors (Lipinski definition) is 5. The van der Waals surface area contributed by atoms with Gasteiger partial charge in [-0.15, -0.1) is 0 Å². The van der Waals surface area contributed by atoms with Gasteiger partial charge in [0, 0.05) is 37.3 Å². The Morgan fingerprint density at radius 1 is 1.18 bits per heavy atom.